The van der Waals surface area contributed by atoms with Gasteiger partial charge in [0.2, 0.25) is 0 Å². The van der Waals surface area contributed by atoms with E-state index >= 15 is 0 Å². The van der Waals surface area contributed by atoms with E-state index in [0.717, 1.165) is 61.9 Å². The Hall–Kier alpha value is -3.23. The van der Waals surface area contributed by atoms with E-state index in [1.54, 1.807) is 12.2 Å². The van der Waals surface area contributed by atoms with Crippen LogP contribution in [0.15, 0.2) is 55.2 Å². The molecule has 0 atom stereocenters. The first-order chi connectivity index (χ1) is 16.1. The van der Waals surface area contributed by atoms with E-state index in [2.05, 4.69) is 43.5 Å². The molecule has 2 aliphatic heterocycles. The number of aromatic nitrogens is 4. The summed E-state index contributed by atoms with van der Waals surface area (Å²) in [7, 11) is 1.81. The van der Waals surface area contributed by atoms with Crippen LogP contribution in [0, 0.1) is 6.92 Å². The van der Waals surface area contributed by atoms with Crippen LogP contribution in [0.4, 0.5) is 17.5 Å². The first kappa shape index (κ1) is 22.9. The lowest BCUT2D eigenvalue weighted by Crippen LogP contribution is -2.61. The average Bonchev–Trinajstić information content (AvgIpc) is 3.20. The molecule has 0 radical (unpaired) electrons. The molecule has 2 aromatic heterocycles. The zero-order valence-electron chi connectivity index (χ0n) is 19.5. The Morgan fingerprint density at radius 3 is 2.61 bits per heavy atom. The van der Waals surface area contributed by atoms with Crippen molar-refractivity contribution in [3.63, 3.8) is 0 Å². The Labute approximate surface area is 195 Å². The number of nitrogens with zero attached hydrogens (tertiary/aromatic N) is 5. The molecule has 2 aliphatic rings. The topological polar surface area (TPSA) is 82.2 Å². The molecule has 8 nitrogen and oxygen atoms in total. The molecule has 2 aromatic rings. The molecular formula is C25H33N7O. The maximum Gasteiger partial charge on any atom is 0.156 e. The van der Waals surface area contributed by atoms with Crippen LogP contribution < -0.4 is 10.2 Å². The summed E-state index contributed by atoms with van der Waals surface area (Å²) in [6.07, 6.45) is 11.9. The third-order valence-corrected chi connectivity index (χ3v) is 6.18. The number of methoxy groups -OCH3 is 1. The van der Waals surface area contributed by atoms with Crippen molar-refractivity contribution in [2.24, 2.45) is 0 Å². The second-order valence-electron chi connectivity index (χ2n) is 8.50. The number of nitrogens with one attached hydrogen (secondary N) is 2. The number of allylic oxidation sites excluding steroid dienone is 5. The van der Waals surface area contributed by atoms with Crippen LogP contribution in [0.3, 0.4) is 0 Å². The maximum absolute atomic E-state index is 5.51. The first-order valence-electron chi connectivity index (χ1n) is 11.4. The Balaban J connectivity index is 1.49. The van der Waals surface area contributed by atoms with Crippen LogP contribution in [0.5, 0.6) is 0 Å². The van der Waals surface area contributed by atoms with E-state index in [-0.39, 0.29) is 0 Å². The van der Waals surface area contributed by atoms with Crippen molar-refractivity contribution in [3.05, 3.63) is 66.7 Å². The van der Waals surface area contributed by atoms with Crippen LogP contribution in [-0.4, -0.2) is 70.5 Å². The van der Waals surface area contributed by atoms with Gasteiger partial charge < -0.3 is 15.0 Å². The Bertz CT molecular complexity index is 1030. The molecule has 33 heavy (non-hydrogen) atoms. The number of ether oxygens (including phenoxy) is 1. The molecule has 0 saturated carbocycles. The second kappa shape index (κ2) is 10.6. The van der Waals surface area contributed by atoms with Gasteiger partial charge in [-0.25, -0.2) is 9.97 Å². The van der Waals surface area contributed by atoms with E-state index < -0.39 is 0 Å². The Morgan fingerprint density at radius 1 is 1.18 bits per heavy atom. The third-order valence-electron chi connectivity index (χ3n) is 6.18. The lowest BCUT2D eigenvalue weighted by molar-refractivity contribution is 0.0225. The summed E-state index contributed by atoms with van der Waals surface area (Å²) >= 11 is 0. The van der Waals surface area contributed by atoms with Crippen LogP contribution in [0.1, 0.15) is 24.4 Å². The van der Waals surface area contributed by atoms with Crippen molar-refractivity contribution in [2.45, 2.75) is 31.9 Å². The van der Waals surface area contributed by atoms with Crippen LogP contribution in [0.25, 0.3) is 6.08 Å². The lowest BCUT2D eigenvalue weighted by atomic mass is 10.0. The maximum atomic E-state index is 5.51. The van der Waals surface area contributed by atoms with Crippen molar-refractivity contribution in [1.29, 1.82) is 0 Å². The van der Waals surface area contributed by atoms with Gasteiger partial charge in [0.05, 0.1) is 6.10 Å². The number of piperidine rings is 1. The number of rotatable bonds is 9. The molecule has 4 rings (SSSR count). The summed E-state index contributed by atoms with van der Waals surface area (Å²) in [5.41, 5.74) is 1.93. The van der Waals surface area contributed by atoms with E-state index in [1.165, 1.54) is 0 Å². The molecule has 2 fully saturated rings. The van der Waals surface area contributed by atoms with Crippen LogP contribution in [-0.2, 0) is 4.74 Å². The fraction of sp³-hybridized carbons (Fsp3) is 0.400. The van der Waals surface area contributed by atoms with Gasteiger partial charge in [-0.15, -0.1) is 0 Å². The van der Waals surface area contributed by atoms with E-state index in [4.69, 9.17) is 9.72 Å². The summed E-state index contributed by atoms with van der Waals surface area (Å²) in [4.78, 5) is 14.4. The van der Waals surface area contributed by atoms with E-state index in [1.807, 2.05) is 44.4 Å². The first-order valence-corrected chi connectivity index (χ1v) is 11.4. The molecule has 8 heteroatoms. The predicted molar refractivity (Wildman–Crippen MR) is 134 cm³/mol. The van der Waals surface area contributed by atoms with E-state index in [9.17, 15) is 0 Å². The van der Waals surface area contributed by atoms with Gasteiger partial charge in [0.1, 0.15) is 11.6 Å². The fourth-order valence-corrected chi connectivity index (χ4v) is 4.21. The van der Waals surface area contributed by atoms with Gasteiger partial charge in [-0.2, -0.15) is 5.10 Å². The van der Waals surface area contributed by atoms with Gasteiger partial charge >= 0.3 is 0 Å². The predicted octanol–water partition coefficient (Wildman–Crippen LogP) is 3.86. The average molecular weight is 448 g/mol. The van der Waals surface area contributed by atoms with Gasteiger partial charge in [-0.3, -0.25) is 10.00 Å². The number of hydrogen-bond donors (Lipinski definition) is 2. The summed E-state index contributed by atoms with van der Waals surface area (Å²) in [5.74, 6) is 2.98. The van der Waals surface area contributed by atoms with Crippen molar-refractivity contribution < 1.29 is 4.74 Å². The largest absolute Gasteiger partial charge is 0.381 e. The van der Waals surface area contributed by atoms with Gasteiger partial charge in [0, 0.05) is 57.2 Å². The number of anilines is 3. The number of hydrogen-bond acceptors (Lipinski definition) is 7. The van der Waals surface area contributed by atoms with Gasteiger partial charge in [0.15, 0.2) is 11.6 Å². The Kier molecular flexibility index (Phi) is 7.36. The zero-order chi connectivity index (χ0) is 23.2. The summed E-state index contributed by atoms with van der Waals surface area (Å²) in [6.45, 7) is 13.7. The third kappa shape index (κ3) is 5.77. The second-order valence-corrected chi connectivity index (χ2v) is 8.50. The quantitative estimate of drug-likeness (QED) is 0.565. The number of aryl methyl sites for hydroxylation is 1. The molecule has 2 saturated heterocycles. The van der Waals surface area contributed by atoms with E-state index in [0.29, 0.717) is 23.8 Å². The van der Waals surface area contributed by atoms with Crippen molar-refractivity contribution >= 4 is 23.5 Å². The highest BCUT2D eigenvalue weighted by molar-refractivity contribution is 5.61. The normalized spacial score (nSPS) is 18.5. The highest BCUT2D eigenvalue weighted by Crippen LogP contribution is 2.27. The van der Waals surface area contributed by atoms with Gasteiger partial charge in [0.25, 0.3) is 0 Å². The van der Waals surface area contributed by atoms with Crippen LogP contribution in [0.2, 0.25) is 0 Å². The highest BCUT2D eigenvalue weighted by Gasteiger charge is 2.34. The van der Waals surface area contributed by atoms with Crippen molar-refractivity contribution in [1.82, 2.24) is 25.1 Å². The minimum Gasteiger partial charge on any atom is -0.381 e. The minimum absolute atomic E-state index is 0.406. The standard InChI is InChI=1S/C25H33N7O/c1-5-7-19(6-2)8-9-22-26-23(27-24-14-18(3)29-30-24)15-25(28-22)32-16-20(17-32)31-12-10-21(33-4)11-13-31/h5-9,14-15,20-21H,1-2,10-13,16-17H2,3-4H3,(H2,26,27,28,29,30)/b9-8+,19-7+. The number of likely N-dealkylation sites (tertiary alicyclic amines) is 1. The van der Waals surface area contributed by atoms with Crippen molar-refractivity contribution in [3.8, 4) is 0 Å². The Morgan fingerprint density at radius 2 is 1.97 bits per heavy atom. The van der Waals surface area contributed by atoms with Crippen molar-refractivity contribution in [2.75, 3.05) is 43.5 Å². The molecular weight excluding hydrogens is 414 g/mol. The monoisotopic (exact) mass is 447 g/mol. The number of H-pyrrole nitrogens is 1. The molecule has 4 heterocycles. The molecule has 0 unspecified atom stereocenters. The smallest absolute Gasteiger partial charge is 0.156 e. The molecule has 0 aliphatic carbocycles. The SMILES string of the molecule is C=C/C=C(C=C)/C=C/c1nc(Nc2cc(C)[nH]n2)cc(N2CC(N3CCC(OC)CC3)C2)n1. The van der Waals surface area contributed by atoms with Crippen LogP contribution >= 0.6 is 0 Å². The molecule has 2 N–H and O–H groups in total. The lowest BCUT2D eigenvalue weighted by Gasteiger charge is -2.48. The van der Waals surface area contributed by atoms with Gasteiger partial charge in [-0.05, 0) is 31.4 Å². The zero-order valence-corrected chi connectivity index (χ0v) is 19.5. The number of aromatic amines is 1. The molecule has 0 spiro atoms. The highest BCUT2D eigenvalue weighted by atomic mass is 16.5. The molecule has 0 bridgehead atoms. The minimum atomic E-state index is 0.406. The molecule has 0 aromatic carbocycles. The molecule has 0 amide bonds. The molecule has 174 valence electrons. The summed E-state index contributed by atoms with van der Waals surface area (Å²) < 4.78 is 5.51. The fourth-order valence-electron chi connectivity index (χ4n) is 4.21. The summed E-state index contributed by atoms with van der Waals surface area (Å²) in [6, 6.07) is 4.50. The van der Waals surface area contributed by atoms with Gasteiger partial charge in [-0.1, -0.05) is 37.5 Å². The summed E-state index contributed by atoms with van der Waals surface area (Å²) in [5, 5.41) is 10.5.